The van der Waals surface area contributed by atoms with E-state index in [9.17, 15) is 0 Å². The monoisotopic (exact) mass is 281 g/mol. The number of nitriles is 1. The molecule has 0 aliphatic carbocycles. The number of ether oxygens (including phenoxy) is 1. The first-order valence-electron chi connectivity index (χ1n) is 7.04. The molecule has 0 amide bonds. The molecule has 1 heterocycles. The van der Waals surface area contributed by atoms with Crippen molar-refractivity contribution in [3.05, 3.63) is 59.4 Å². The summed E-state index contributed by atoms with van der Waals surface area (Å²) in [6, 6.07) is 13.9. The van der Waals surface area contributed by atoms with E-state index in [4.69, 9.17) is 10.00 Å². The lowest BCUT2D eigenvalue weighted by Gasteiger charge is -2.17. The van der Waals surface area contributed by atoms with Gasteiger partial charge in [0.05, 0.1) is 0 Å². The van der Waals surface area contributed by atoms with Crippen LogP contribution < -0.4 is 10.1 Å². The Bertz CT molecular complexity index is 634. The predicted molar refractivity (Wildman–Crippen MR) is 81.8 cm³/mol. The maximum Gasteiger partial charge on any atom is 0.140 e. The number of pyridine rings is 1. The van der Waals surface area contributed by atoms with Gasteiger partial charge >= 0.3 is 0 Å². The number of nitrogens with one attached hydrogen (secondary N) is 1. The molecule has 1 N–H and O–H groups in total. The van der Waals surface area contributed by atoms with Crippen LogP contribution in [0.15, 0.2) is 42.6 Å². The third-order valence-electron chi connectivity index (χ3n) is 3.23. The van der Waals surface area contributed by atoms with Gasteiger partial charge in [-0.15, -0.1) is 0 Å². The fourth-order valence-corrected chi connectivity index (χ4v) is 2.17. The molecule has 4 heteroatoms. The van der Waals surface area contributed by atoms with E-state index in [1.807, 2.05) is 30.3 Å². The summed E-state index contributed by atoms with van der Waals surface area (Å²) in [7, 11) is 0. The molecule has 0 radical (unpaired) electrons. The topological polar surface area (TPSA) is 57.9 Å². The van der Waals surface area contributed by atoms with E-state index in [-0.39, 0.29) is 6.04 Å². The van der Waals surface area contributed by atoms with Gasteiger partial charge < -0.3 is 10.1 Å². The normalized spacial score (nSPS) is 11.7. The summed E-state index contributed by atoms with van der Waals surface area (Å²) in [5.74, 6) is 0.862. The van der Waals surface area contributed by atoms with Gasteiger partial charge in [0, 0.05) is 17.8 Å². The first-order chi connectivity index (χ1) is 10.2. The van der Waals surface area contributed by atoms with Crippen LogP contribution in [0.1, 0.15) is 36.7 Å². The van der Waals surface area contributed by atoms with E-state index in [0.717, 1.165) is 23.4 Å². The molecule has 2 aromatic rings. The van der Waals surface area contributed by atoms with Gasteiger partial charge in [0.1, 0.15) is 24.1 Å². The third-order valence-corrected chi connectivity index (χ3v) is 3.23. The third kappa shape index (κ3) is 4.04. The van der Waals surface area contributed by atoms with Crippen LogP contribution in [-0.2, 0) is 6.61 Å². The van der Waals surface area contributed by atoms with Crippen LogP contribution in [0.25, 0.3) is 0 Å². The zero-order valence-corrected chi connectivity index (χ0v) is 12.3. The molecule has 0 aliphatic rings. The van der Waals surface area contributed by atoms with Gasteiger partial charge in [0.15, 0.2) is 0 Å². The van der Waals surface area contributed by atoms with Gasteiger partial charge in [-0.25, -0.2) is 4.98 Å². The second kappa shape index (κ2) is 7.41. The predicted octanol–water partition coefficient (Wildman–Crippen LogP) is 3.20. The minimum Gasteiger partial charge on any atom is -0.489 e. The second-order valence-electron chi connectivity index (χ2n) is 4.77. The van der Waals surface area contributed by atoms with Gasteiger partial charge in [-0.2, -0.15) is 5.26 Å². The van der Waals surface area contributed by atoms with Gasteiger partial charge in [0.25, 0.3) is 0 Å². The fourth-order valence-electron chi connectivity index (χ4n) is 2.17. The maximum atomic E-state index is 8.86. The molecular formula is C17H19N3O. The van der Waals surface area contributed by atoms with Gasteiger partial charge in [-0.1, -0.05) is 25.1 Å². The van der Waals surface area contributed by atoms with Crippen LogP contribution in [0.3, 0.4) is 0 Å². The number of hydrogen-bond donors (Lipinski definition) is 1. The number of rotatable bonds is 6. The number of hydrogen-bond acceptors (Lipinski definition) is 4. The standard InChI is InChI=1S/C17H19N3O/c1-3-19-13(2)16-6-4-5-7-17(16)21-12-14-8-9-20-15(10-14)11-18/h4-10,13,19H,3,12H2,1-2H3. The fraction of sp³-hybridized carbons (Fsp3) is 0.294. The summed E-state index contributed by atoms with van der Waals surface area (Å²) in [5, 5.41) is 12.2. The molecule has 1 aromatic heterocycles. The van der Waals surface area contributed by atoms with Crippen molar-refractivity contribution >= 4 is 0 Å². The van der Waals surface area contributed by atoms with Crippen LogP contribution in [0.5, 0.6) is 5.75 Å². The minimum atomic E-state index is 0.235. The summed E-state index contributed by atoms with van der Waals surface area (Å²) < 4.78 is 5.91. The molecular weight excluding hydrogens is 262 g/mol. The Morgan fingerprint density at radius 2 is 2.14 bits per heavy atom. The van der Waals surface area contributed by atoms with Crippen molar-refractivity contribution in [2.24, 2.45) is 0 Å². The molecule has 0 saturated heterocycles. The first kappa shape index (κ1) is 15.0. The highest BCUT2D eigenvalue weighted by Crippen LogP contribution is 2.25. The Morgan fingerprint density at radius 1 is 1.33 bits per heavy atom. The molecule has 4 nitrogen and oxygen atoms in total. The van der Waals surface area contributed by atoms with Crippen LogP contribution in [0, 0.1) is 11.3 Å². The number of benzene rings is 1. The molecule has 108 valence electrons. The van der Waals surface area contributed by atoms with Crippen LogP contribution in [0.2, 0.25) is 0 Å². The van der Waals surface area contributed by atoms with Crippen molar-refractivity contribution in [3.63, 3.8) is 0 Å². The molecule has 1 aromatic carbocycles. The number of para-hydroxylation sites is 1. The Hall–Kier alpha value is -2.38. The molecule has 2 rings (SSSR count). The number of aromatic nitrogens is 1. The smallest absolute Gasteiger partial charge is 0.140 e. The van der Waals surface area contributed by atoms with E-state index >= 15 is 0 Å². The van der Waals surface area contributed by atoms with Gasteiger partial charge in [-0.3, -0.25) is 0 Å². The van der Waals surface area contributed by atoms with Crippen LogP contribution in [-0.4, -0.2) is 11.5 Å². The first-order valence-corrected chi connectivity index (χ1v) is 7.04. The molecule has 1 atom stereocenters. The van der Waals surface area contributed by atoms with E-state index in [0.29, 0.717) is 12.3 Å². The Kier molecular flexibility index (Phi) is 5.30. The highest BCUT2D eigenvalue weighted by atomic mass is 16.5. The van der Waals surface area contributed by atoms with Crippen molar-refractivity contribution in [2.75, 3.05) is 6.54 Å². The molecule has 0 saturated carbocycles. The lowest BCUT2D eigenvalue weighted by molar-refractivity contribution is 0.299. The molecule has 0 fully saturated rings. The average molecular weight is 281 g/mol. The quantitative estimate of drug-likeness (QED) is 0.883. The average Bonchev–Trinajstić information content (AvgIpc) is 2.53. The van der Waals surface area contributed by atoms with E-state index in [1.165, 1.54) is 0 Å². The molecule has 0 aliphatic heterocycles. The number of nitrogens with zero attached hydrogens (tertiary/aromatic N) is 2. The lowest BCUT2D eigenvalue weighted by atomic mass is 10.1. The van der Waals surface area contributed by atoms with Crippen molar-refractivity contribution in [2.45, 2.75) is 26.5 Å². The van der Waals surface area contributed by atoms with Crippen LogP contribution >= 0.6 is 0 Å². The van der Waals surface area contributed by atoms with Crippen molar-refractivity contribution in [1.82, 2.24) is 10.3 Å². The van der Waals surface area contributed by atoms with Crippen molar-refractivity contribution < 1.29 is 4.74 Å². The zero-order valence-electron chi connectivity index (χ0n) is 12.3. The van der Waals surface area contributed by atoms with Crippen molar-refractivity contribution in [3.8, 4) is 11.8 Å². The minimum absolute atomic E-state index is 0.235. The largest absolute Gasteiger partial charge is 0.489 e. The van der Waals surface area contributed by atoms with E-state index in [1.54, 1.807) is 12.3 Å². The highest BCUT2D eigenvalue weighted by Gasteiger charge is 2.10. The van der Waals surface area contributed by atoms with Gasteiger partial charge in [-0.05, 0) is 37.2 Å². The van der Waals surface area contributed by atoms with E-state index in [2.05, 4.69) is 30.2 Å². The Balaban J connectivity index is 2.11. The highest BCUT2D eigenvalue weighted by molar-refractivity contribution is 5.36. The Morgan fingerprint density at radius 3 is 2.90 bits per heavy atom. The zero-order chi connectivity index (χ0) is 15.1. The Labute approximate surface area is 125 Å². The van der Waals surface area contributed by atoms with E-state index < -0.39 is 0 Å². The summed E-state index contributed by atoms with van der Waals surface area (Å²) in [5.41, 5.74) is 2.48. The summed E-state index contributed by atoms with van der Waals surface area (Å²) >= 11 is 0. The SMILES string of the molecule is CCNC(C)c1ccccc1OCc1ccnc(C#N)c1. The maximum absolute atomic E-state index is 8.86. The summed E-state index contributed by atoms with van der Waals surface area (Å²) in [6.45, 7) is 5.53. The molecule has 1 unspecified atom stereocenters. The second-order valence-corrected chi connectivity index (χ2v) is 4.77. The summed E-state index contributed by atoms with van der Waals surface area (Å²) in [4.78, 5) is 3.96. The van der Waals surface area contributed by atoms with Crippen LogP contribution in [0.4, 0.5) is 0 Å². The molecule has 21 heavy (non-hydrogen) atoms. The lowest BCUT2D eigenvalue weighted by Crippen LogP contribution is -2.18. The van der Waals surface area contributed by atoms with Gasteiger partial charge in [0.2, 0.25) is 0 Å². The molecule has 0 bridgehead atoms. The van der Waals surface area contributed by atoms with Crippen molar-refractivity contribution in [1.29, 1.82) is 5.26 Å². The summed E-state index contributed by atoms with van der Waals surface area (Å²) in [6.07, 6.45) is 1.63. The molecule has 0 spiro atoms.